The van der Waals surface area contributed by atoms with E-state index in [0.29, 0.717) is 6.42 Å². The lowest BCUT2D eigenvalue weighted by Crippen LogP contribution is -2.32. The second-order valence-electron chi connectivity index (χ2n) is 4.68. The largest absolute Gasteiger partial charge is 0.480 e. The molecule has 0 aromatic heterocycles. The summed E-state index contributed by atoms with van der Waals surface area (Å²) in [5.41, 5.74) is 9.72. The molecule has 4 heteroatoms. The second-order valence-corrected chi connectivity index (χ2v) is 4.68. The van der Waals surface area contributed by atoms with Gasteiger partial charge in [0.25, 0.3) is 0 Å². The fourth-order valence-electron chi connectivity index (χ4n) is 2.03. The minimum atomic E-state index is -0.976. The average Bonchev–Trinajstić information content (AvgIpc) is 2.48. The first-order valence-electron chi connectivity index (χ1n) is 6.45. The fourth-order valence-corrected chi connectivity index (χ4v) is 2.03. The average molecular weight is 270 g/mol. The standard InChI is InChI=1S/C16H18N2O2/c1-18-14-4-2-3-13(10-14)12-7-5-11(6-8-12)9-15(17)16(19)20/h2-8,10,15,18H,9,17H2,1H3,(H,19,20). The zero-order valence-corrected chi connectivity index (χ0v) is 11.3. The topological polar surface area (TPSA) is 75.3 Å². The Balaban J connectivity index is 2.17. The van der Waals surface area contributed by atoms with E-state index in [1.165, 1.54) is 0 Å². The molecule has 0 aliphatic heterocycles. The number of nitrogens with one attached hydrogen (secondary N) is 1. The first-order valence-corrected chi connectivity index (χ1v) is 6.45. The highest BCUT2D eigenvalue weighted by molar-refractivity contribution is 5.73. The Kier molecular flexibility index (Phi) is 4.38. The van der Waals surface area contributed by atoms with Gasteiger partial charge in [-0.2, -0.15) is 0 Å². The van der Waals surface area contributed by atoms with Gasteiger partial charge in [0.15, 0.2) is 0 Å². The Bertz CT molecular complexity index is 594. The molecule has 1 atom stereocenters. The van der Waals surface area contributed by atoms with Crippen LogP contribution in [0.2, 0.25) is 0 Å². The molecule has 0 saturated carbocycles. The lowest BCUT2D eigenvalue weighted by atomic mass is 10.0. The molecule has 2 rings (SSSR count). The number of benzene rings is 2. The quantitative estimate of drug-likeness (QED) is 0.779. The Morgan fingerprint density at radius 1 is 1.20 bits per heavy atom. The van der Waals surface area contributed by atoms with Crippen molar-refractivity contribution in [2.75, 3.05) is 12.4 Å². The van der Waals surface area contributed by atoms with Crippen LogP contribution in [0.5, 0.6) is 0 Å². The van der Waals surface area contributed by atoms with Gasteiger partial charge in [-0.1, -0.05) is 36.4 Å². The van der Waals surface area contributed by atoms with E-state index in [9.17, 15) is 4.79 Å². The molecular formula is C16H18N2O2. The number of hydrogen-bond donors (Lipinski definition) is 3. The molecular weight excluding hydrogens is 252 g/mol. The van der Waals surface area contributed by atoms with Crippen molar-refractivity contribution in [3.8, 4) is 11.1 Å². The summed E-state index contributed by atoms with van der Waals surface area (Å²) in [5, 5.41) is 11.9. The summed E-state index contributed by atoms with van der Waals surface area (Å²) in [7, 11) is 1.88. The molecule has 0 saturated heterocycles. The number of rotatable bonds is 5. The van der Waals surface area contributed by atoms with Gasteiger partial charge in [-0.05, 0) is 35.2 Å². The highest BCUT2D eigenvalue weighted by Gasteiger charge is 2.11. The Labute approximate surface area is 118 Å². The lowest BCUT2D eigenvalue weighted by molar-refractivity contribution is -0.138. The van der Waals surface area contributed by atoms with E-state index in [4.69, 9.17) is 10.8 Å². The molecule has 0 aliphatic rings. The van der Waals surface area contributed by atoms with E-state index in [1.54, 1.807) is 0 Å². The van der Waals surface area contributed by atoms with E-state index in [2.05, 4.69) is 11.4 Å². The van der Waals surface area contributed by atoms with Gasteiger partial charge in [-0.3, -0.25) is 4.79 Å². The molecule has 104 valence electrons. The molecule has 0 spiro atoms. The van der Waals surface area contributed by atoms with Crippen LogP contribution in [0.1, 0.15) is 5.56 Å². The van der Waals surface area contributed by atoms with E-state index in [1.807, 2.05) is 49.5 Å². The summed E-state index contributed by atoms with van der Waals surface area (Å²) in [6.45, 7) is 0. The molecule has 4 N–H and O–H groups in total. The van der Waals surface area contributed by atoms with Crippen LogP contribution in [0.15, 0.2) is 48.5 Å². The number of aliphatic carboxylic acids is 1. The van der Waals surface area contributed by atoms with Gasteiger partial charge in [0, 0.05) is 12.7 Å². The Morgan fingerprint density at radius 3 is 2.50 bits per heavy atom. The molecule has 0 aliphatic carbocycles. The van der Waals surface area contributed by atoms with Crippen LogP contribution < -0.4 is 11.1 Å². The van der Waals surface area contributed by atoms with Crippen LogP contribution >= 0.6 is 0 Å². The summed E-state index contributed by atoms with van der Waals surface area (Å²) in [5.74, 6) is -0.976. The molecule has 20 heavy (non-hydrogen) atoms. The van der Waals surface area contributed by atoms with Gasteiger partial charge in [0.05, 0.1) is 0 Å². The van der Waals surface area contributed by atoms with Crippen molar-refractivity contribution in [1.29, 1.82) is 0 Å². The number of carboxylic acid groups (broad SMARTS) is 1. The molecule has 0 heterocycles. The molecule has 0 fully saturated rings. The maximum absolute atomic E-state index is 10.7. The first-order chi connectivity index (χ1) is 9.60. The Morgan fingerprint density at radius 2 is 1.90 bits per heavy atom. The third-order valence-electron chi connectivity index (χ3n) is 3.21. The van der Waals surface area contributed by atoms with Crippen molar-refractivity contribution in [3.63, 3.8) is 0 Å². The fraction of sp³-hybridized carbons (Fsp3) is 0.188. The summed E-state index contributed by atoms with van der Waals surface area (Å²) >= 11 is 0. The number of hydrogen-bond acceptors (Lipinski definition) is 3. The molecule has 2 aromatic carbocycles. The summed E-state index contributed by atoms with van der Waals surface area (Å²) in [6, 6.07) is 15.1. The Hall–Kier alpha value is -2.33. The van der Waals surface area contributed by atoms with Gasteiger partial charge in [0.2, 0.25) is 0 Å². The van der Waals surface area contributed by atoms with Crippen LogP contribution in [-0.2, 0) is 11.2 Å². The van der Waals surface area contributed by atoms with Crippen LogP contribution in [0, 0.1) is 0 Å². The van der Waals surface area contributed by atoms with Gasteiger partial charge in [-0.15, -0.1) is 0 Å². The maximum atomic E-state index is 10.7. The minimum absolute atomic E-state index is 0.339. The monoisotopic (exact) mass is 270 g/mol. The molecule has 4 nitrogen and oxygen atoms in total. The van der Waals surface area contributed by atoms with Crippen molar-refractivity contribution in [2.45, 2.75) is 12.5 Å². The van der Waals surface area contributed by atoms with E-state index in [0.717, 1.165) is 22.4 Å². The van der Waals surface area contributed by atoms with Gasteiger partial charge < -0.3 is 16.2 Å². The van der Waals surface area contributed by atoms with Crippen molar-refractivity contribution >= 4 is 11.7 Å². The zero-order valence-electron chi connectivity index (χ0n) is 11.3. The first kappa shape index (κ1) is 14.1. The van der Waals surface area contributed by atoms with Crippen LogP contribution in [0.4, 0.5) is 5.69 Å². The van der Waals surface area contributed by atoms with Crippen molar-refractivity contribution < 1.29 is 9.90 Å². The van der Waals surface area contributed by atoms with E-state index in [-0.39, 0.29) is 0 Å². The zero-order chi connectivity index (χ0) is 14.5. The molecule has 0 bridgehead atoms. The molecule has 2 aromatic rings. The predicted molar refractivity (Wildman–Crippen MR) is 80.7 cm³/mol. The van der Waals surface area contributed by atoms with Crippen LogP contribution in [-0.4, -0.2) is 24.2 Å². The minimum Gasteiger partial charge on any atom is -0.480 e. The third-order valence-corrected chi connectivity index (χ3v) is 3.21. The number of carboxylic acids is 1. The van der Waals surface area contributed by atoms with Crippen molar-refractivity contribution in [1.82, 2.24) is 0 Å². The van der Waals surface area contributed by atoms with Crippen molar-refractivity contribution in [2.24, 2.45) is 5.73 Å². The van der Waals surface area contributed by atoms with Crippen LogP contribution in [0.25, 0.3) is 11.1 Å². The van der Waals surface area contributed by atoms with E-state index >= 15 is 0 Å². The summed E-state index contributed by atoms with van der Waals surface area (Å²) in [4.78, 5) is 10.7. The molecule has 0 radical (unpaired) electrons. The number of carbonyl (C=O) groups is 1. The normalized spacial score (nSPS) is 11.9. The number of anilines is 1. The predicted octanol–water partition coefficient (Wildman–Crippen LogP) is 2.35. The van der Waals surface area contributed by atoms with Crippen molar-refractivity contribution in [3.05, 3.63) is 54.1 Å². The summed E-state index contributed by atoms with van der Waals surface area (Å²) in [6.07, 6.45) is 0.339. The lowest BCUT2D eigenvalue weighted by Gasteiger charge is -2.08. The maximum Gasteiger partial charge on any atom is 0.320 e. The van der Waals surface area contributed by atoms with Gasteiger partial charge in [-0.25, -0.2) is 0 Å². The van der Waals surface area contributed by atoms with Gasteiger partial charge in [0.1, 0.15) is 6.04 Å². The SMILES string of the molecule is CNc1cccc(-c2ccc(CC(N)C(=O)O)cc2)c1. The van der Waals surface area contributed by atoms with Crippen LogP contribution in [0.3, 0.4) is 0 Å². The number of nitrogens with two attached hydrogens (primary N) is 1. The highest BCUT2D eigenvalue weighted by Crippen LogP contribution is 2.23. The molecule has 0 amide bonds. The summed E-state index contributed by atoms with van der Waals surface area (Å²) < 4.78 is 0. The third kappa shape index (κ3) is 3.36. The highest BCUT2D eigenvalue weighted by atomic mass is 16.4. The van der Waals surface area contributed by atoms with E-state index < -0.39 is 12.0 Å². The second kappa shape index (κ2) is 6.21. The smallest absolute Gasteiger partial charge is 0.320 e. The van der Waals surface area contributed by atoms with Gasteiger partial charge >= 0.3 is 5.97 Å². The molecule has 1 unspecified atom stereocenters.